The Hall–Kier alpha value is -2.23. The van der Waals surface area contributed by atoms with E-state index in [0.717, 1.165) is 28.2 Å². The molecule has 7 nitrogen and oxygen atoms in total. The highest BCUT2D eigenvalue weighted by molar-refractivity contribution is 9.10. The van der Waals surface area contributed by atoms with Crippen molar-refractivity contribution in [3.05, 3.63) is 57.3 Å². The number of nitro benzene ring substituents is 1. The predicted molar refractivity (Wildman–Crippen MR) is 115 cm³/mol. The van der Waals surface area contributed by atoms with Crippen LogP contribution in [0.1, 0.15) is 0 Å². The third-order valence-electron chi connectivity index (χ3n) is 4.17. The normalized spacial score (nSPS) is 11.7. The molecule has 2 aromatic heterocycles. The van der Waals surface area contributed by atoms with E-state index < -0.39 is 13.0 Å². The number of nitro groups is 1. The molecule has 3 rings (SSSR count). The molecule has 0 fully saturated rings. The summed E-state index contributed by atoms with van der Waals surface area (Å²) in [5, 5.41) is 11.6. The van der Waals surface area contributed by atoms with Crippen LogP contribution in [0, 0.1) is 10.1 Å². The molecule has 0 aliphatic heterocycles. The Bertz CT molecular complexity index is 983. The first-order valence-electron chi connectivity index (χ1n) is 8.88. The predicted octanol–water partition coefficient (Wildman–Crippen LogP) is 5.81. The van der Waals surface area contributed by atoms with Gasteiger partial charge >= 0.3 is 0 Å². The summed E-state index contributed by atoms with van der Waals surface area (Å²) in [6, 6.07) is 8.87. The van der Waals surface area contributed by atoms with Crippen molar-refractivity contribution in [2.45, 2.75) is 32.4 Å². The van der Waals surface area contributed by atoms with Crippen molar-refractivity contribution in [3.8, 4) is 11.5 Å². The van der Waals surface area contributed by atoms with Crippen molar-refractivity contribution in [1.82, 2.24) is 9.55 Å². The summed E-state index contributed by atoms with van der Waals surface area (Å²) in [4.78, 5) is 14.8. The van der Waals surface area contributed by atoms with E-state index in [1.54, 1.807) is 24.4 Å². The van der Waals surface area contributed by atoms with Crippen molar-refractivity contribution in [2.24, 2.45) is 0 Å². The van der Waals surface area contributed by atoms with E-state index in [0.29, 0.717) is 18.2 Å². The minimum atomic E-state index is -1.13. The van der Waals surface area contributed by atoms with Gasteiger partial charge in [-0.1, -0.05) is 19.6 Å². The molecule has 0 bridgehead atoms. The van der Waals surface area contributed by atoms with Crippen LogP contribution in [0.25, 0.3) is 11.0 Å². The smallest absolute Gasteiger partial charge is 0.269 e. The molecule has 1 aromatic carbocycles. The van der Waals surface area contributed by atoms with Crippen LogP contribution in [0.5, 0.6) is 11.5 Å². The third-order valence-corrected chi connectivity index (χ3v) is 6.48. The average molecular weight is 464 g/mol. The molecule has 3 aromatic rings. The quantitative estimate of drug-likeness (QED) is 0.182. The molecule has 0 aliphatic rings. The van der Waals surface area contributed by atoms with Gasteiger partial charge in [0.25, 0.3) is 5.69 Å². The molecule has 0 radical (unpaired) electrons. The Balaban J connectivity index is 1.79. The SMILES string of the molecule is C[Si](C)(C)CCOCn1cc(Br)c2c(Oc3ccc([N+](=O)[O-])cc3)ccnc21. The Morgan fingerprint density at radius 3 is 2.57 bits per heavy atom. The number of benzene rings is 1. The maximum absolute atomic E-state index is 10.8. The Kier molecular flexibility index (Phi) is 6.16. The van der Waals surface area contributed by atoms with E-state index in [4.69, 9.17) is 9.47 Å². The zero-order valence-electron chi connectivity index (χ0n) is 16.0. The van der Waals surface area contributed by atoms with Crippen LogP contribution in [-0.2, 0) is 11.5 Å². The lowest BCUT2D eigenvalue weighted by Crippen LogP contribution is -2.22. The van der Waals surface area contributed by atoms with Gasteiger partial charge < -0.3 is 14.0 Å². The number of hydrogen-bond donors (Lipinski definition) is 0. The van der Waals surface area contributed by atoms with Gasteiger partial charge in [-0.2, -0.15) is 0 Å². The van der Waals surface area contributed by atoms with E-state index in [-0.39, 0.29) is 5.69 Å². The van der Waals surface area contributed by atoms with Gasteiger partial charge in [0.1, 0.15) is 23.9 Å². The summed E-state index contributed by atoms with van der Waals surface area (Å²) in [6.45, 7) is 8.11. The summed E-state index contributed by atoms with van der Waals surface area (Å²) in [5.74, 6) is 1.13. The third kappa shape index (κ3) is 4.97. The van der Waals surface area contributed by atoms with Gasteiger partial charge in [0.2, 0.25) is 0 Å². The zero-order valence-corrected chi connectivity index (χ0v) is 18.6. The van der Waals surface area contributed by atoms with Gasteiger partial charge in [-0.3, -0.25) is 10.1 Å². The Labute approximate surface area is 172 Å². The molecule has 9 heteroatoms. The van der Waals surface area contributed by atoms with E-state index >= 15 is 0 Å². The lowest BCUT2D eigenvalue weighted by molar-refractivity contribution is -0.384. The van der Waals surface area contributed by atoms with Crippen molar-refractivity contribution in [3.63, 3.8) is 0 Å². The first kappa shape index (κ1) is 20.5. The van der Waals surface area contributed by atoms with Crippen LogP contribution in [-0.4, -0.2) is 29.2 Å². The van der Waals surface area contributed by atoms with E-state index in [1.807, 2.05) is 10.8 Å². The second-order valence-corrected chi connectivity index (χ2v) is 14.1. The maximum Gasteiger partial charge on any atom is 0.269 e. The Morgan fingerprint density at radius 1 is 1.21 bits per heavy atom. The molecule has 0 amide bonds. The van der Waals surface area contributed by atoms with E-state index in [1.165, 1.54) is 12.1 Å². The first-order valence-corrected chi connectivity index (χ1v) is 13.4. The highest BCUT2D eigenvalue weighted by Gasteiger charge is 2.16. The van der Waals surface area contributed by atoms with Crippen LogP contribution < -0.4 is 4.74 Å². The minimum absolute atomic E-state index is 0.0232. The first-order chi connectivity index (χ1) is 13.2. The van der Waals surface area contributed by atoms with Gasteiger partial charge in [-0.05, 0) is 40.2 Å². The van der Waals surface area contributed by atoms with Crippen LogP contribution in [0.3, 0.4) is 0 Å². The average Bonchev–Trinajstić information content (AvgIpc) is 2.95. The molecule has 28 heavy (non-hydrogen) atoms. The van der Waals surface area contributed by atoms with E-state index in [9.17, 15) is 10.1 Å². The van der Waals surface area contributed by atoms with Gasteiger partial charge in [0, 0.05) is 43.7 Å². The molecule has 2 heterocycles. The van der Waals surface area contributed by atoms with Crippen LogP contribution in [0.4, 0.5) is 5.69 Å². The minimum Gasteiger partial charge on any atom is -0.456 e. The fourth-order valence-electron chi connectivity index (χ4n) is 2.63. The molecule has 0 saturated heterocycles. The number of fused-ring (bicyclic) bond motifs is 1. The van der Waals surface area contributed by atoms with Gasteiger partial charge in [0.15, 0.2) is 0 Å². The number of pyridine rings is 1. The topological polar surface area (TPSA) is 79.4 Å². The second-order valence-electron chi connectivity index (χ2n) is 7.66. The van der Waals surface area contributed by atoms with Crippen molar-refractivity contribution >= 4 is 40.7 Å². The monoisotopic (exact) mass is 463 g/mol. The summed E-state index contributed by atoms with van der Waals surface area (Å²) in [7, 11) is -1.13. The van der Waals surface area contributed by atoms with Gasteiger partial charge in [0.05, 0.1) is 10.3 Å². The molecule has 0 unspecified atom stereocenters. The largest absolute Gasteiger partial charge is 0.456 e. The fourth-order valence-corrected chi connectivity index (χ4v) is 4.00. The molecule has 0 N–H and O–H groups in total. The second kappa shape index (κ2) is 8.42. The zero-order chi connectivity index (χ0) is 20.3. The van der Waals surface area contributed by atoms with Crippen molar-refractivity contribution in [2.75, 3.05) is 6.61 Å². The molecule has 0 saturated carbocycles. The van der Waals surface area contributed by atoms with Crippen LogP contribution in [0.15, 0.2) is 47.2 Å². The van der Waals surface area contributed by atoms with Crippen molar-refractivity contribution in [1.29, 1.82) is 0 Å². The highest BCUT2D eigenvalue weighted by Crippen LogP contribution is 2.35. The fraction of sp³-hybridized carbons (Fsp3) is 0.316. The number of aromatic nitrogens is 2. The van der Waals surface area contributed by atoms with E-state index in [2.05, 4.69) is 40.6 Å². The Morgan fingerprint density at radius 2 is 1.93 bits per heavy atom. The number of hydrogen-bond acceptors (Lipinski definition) is 5. The standard InChI is InChI=1S/C19H22BrN3O4Si/c1-28(2,3)11-10-26-13-22-12-16(20)18-17(8-9-21-19(18)22)27-15-6-4-14(5-7-15)23(24)25/h4-9,12H,10-11,13H2,1-3H3. The molecule has 0 spiro atoms. The summed E-state index contributed by atoms with van der Waals surface area (Å²) < 4.78 is 14.6. The number of ether oxygens (including phenoxy) is 2. The molecule has 148 valence electrons. The number of halogens is 1. The molecule has 0 atom stereocenters. The lowest BCUT2D eigenvalue weighted by atomic mass is 10.3. The number of nitrogens with zero attached hydrogens (tertiary/aromatic N) is 3. The summed E-state index contributed by atoms with van der Waals surface area (Å²) in [5.41, 5.74) is 0.773. The summed E-state index contributed by atoms with van der Waals surface area (Å²) >= 11 is 3.57. The summed E-state index contributed by atoms with van der Waals surface area (Å²) in [6.07, 6.45) is 3.60. The number of non-ortho nitro benzene ring substituents is 1. The van der Waals surface area contributed by atoms with Crippen LogP contribution >= 0.6 is 15.9 Å². The van der Waals surface area contributed by atoms with Crippen molar-refractivity contribution < 1.29 is 14.4 Å². The molecular weight excluding hydrogens is 442 g/mol. The van der Waals surface area contributed by atoms with Gasteiger partial charge in [-0.25, -0.2) is 4.98 Å². The molecular formula is C19H22BrN3O4Si. The van der Waals surface area contributed by atoms with Gasteiger partial charge in [-0.15, -0.1) is 0 Å². The maximum atomic E-state index is 10.8. The van der Waals surface area contributed by atoms with Crippen LogP contribution in [0.2, 0.25) is 25.7 Å². The lowest BCUT2D eigenvalue weighted by Gasteiger charge is -2.15. The molecule has 0 aliphatic carbocycles. The highest BCUT2D eigenvalue weighted by atomic mass is 79.9. The number of rotatable bonds is 8.